The molecule has 1 aliphatic rings. The van der Waals surface area contributed by atoms with Crippen LogP contribution in [0.25, 0.3) is 10.9 Å². The van der Waals surface area contributed by atoms with Crippen molar-refractivity contribution >= 4 is 16.8 Å². The highest BCUT2D eigenvalue weighted by molar-refractivity contribution is 5.85. The normalized spacial score (nSPS) is 14.6. The molecule has 25 heavy (non-hydrogen) atoms. The molecule has 3 rings (SSSR count). The van der Waals surface area contributed by atoms with Gasteiger partial charge in [-0.25, -0.2) is 9.87 Å². The number of halogens is 1. The molecule has 136 valence electrons. The zero-order valence-electron chi connectivity index (χ0n) is 14.5. The molecule has 3 N–H and O–H groups in total. The number of H-pyrrole nitrogens is 1. The molecule has 0 unspecified atom stereocenters. The summed E-state index contributed by atoms with van der Waals surface area (Å²) in [4.78, 5) is 16.7. The number of carbonyl (C=O) groups is 1. The molecule has 0 fully saturated rings. The van der Waals surface area contributed by atoms with Crippen molar-refractivity contribution in [2.45, 2.75) is 51.5 Å². The second kappa shape index (κ2) is 8.45. The predicted molar refractivity (Wildman–Crippen MR) is 94.9 cm³/mol. The highest BCUT2D eigenvalue weighted by Crippen LogP contribution is 2.29. The molecule has 1 aromatic carbocycles. The van der Waals surface area contributed by atoms with Gasteiger partial charge in [-0.15, -0.1) is 0 Å². The van der Waals surface area contributed by atoms with Gasteiger partial charge in [0.2, 0.25) is 5.91 Å². The average Bonchev–Trinajstić information content (AvgIpc) is 2.99. The number of hydrogen-bond donors (Lipinski definition) is 3. The van der Waals surface area contributed by atoms with Gasteiger partial charge >= 0.3 is 0 Å². The van der Waals surface area contributed by atoms with Gasteiger partial charge in [0.15, 0.2) is 0 Å². The molecule has 6 heteroatoms. The number of unbranched alkanes of at least 4 members (excludes halogenated alkanes) is 4. The molecule has 0 saturated heterocycles. The zero-order chi connectivity index (χ0) is 17.6. The third-order valence-electron chi connectivity index (χ3n) is 5.03. The number of fused-ring (bicyclic) bond motifs is 3. The first-order valence-corrected chi connectivity index (χ1v) is 9.12. The van der Waals surface area contributed by atoms with Crippen molar-refractivity contribution in [1.82, 2.24) is 15.4 Å². The first-order valence-electron chi connectivity index (χ1n) is 9.12. The van der Waals surface area contributed by atoms with E-state index >= 15 is 0 Å². The summed E-state index contributed by atoms with van der Waals surface area (Å²) in [5.74, 6) is -0.446. The van der Waals surface area contributed by atoms with Crippen LogP contribution in [0.3, 0.4) is 0 Å². The number of carbonyl (C=O) groups excluding carboxylic acids is 1. The fourth-order valence-electron chi connectivity index (χ4n) is 3.68. The lowest BCUT2D eigenvalue weighted by atomic mass is 10.0. The van der Waals surface area contributed by atoms with Gasteiger partial charge in [0.05, 0.1) is 0 Å². The Labute approximate surface area is 147 Å². The molecule has 2 aromatic rings. The highest BCUT2D eigenvalue weighted by Gasteiger charge is 2.21. The van der Waals surface area contributed by atoms with Gasteiger partial charge < -0.3 is 4.98 Å². The average molecular weight is 347 g/mol. The Balaban J connectivity index is 1.43. The number of hydrogen-bond acceptors (Lipinski definition) is 3. The quantitative estimate of drug-likeness (QED) is 0.389. The lowest BCUT2D eigenvalue weighted by molar-refractivity contribution is -0.129. The molecule has 5 nitrogen and oxygen atoms in total. The molecule has 0 atom stereocenters. The van der Waals surface area contributed by atoms with Crippen molar-refractivity contribution in [2.24, 2.45) is 0 Å². The number of amides is 1. The van der Waals surface area contributed by atoms with E-state index in [-0.39, 0.29) is 11.7 Å². The van der Waals surface area contributed by atoms with E-state index < -0.39 is 0 Å². The first-order chi connectivity index (χ1) is 12.2. The molecule has 0 spiro atoms. The van der Waals surface area contributed by atoms with Gasteiger partial charge in [-0.05, 0) is 37.1 Å². The Hall–Kier alpha value is -1.92. The van der Waals surface area contributed by atoms with Crippen LogP contribution in [0, 0.1) is 5.82 Å². The summed E-state index contributed by atoms with van der Waals surface area (Å²) in [6.45, 7) is 2.85. The summed E-state index contributed by atoms with van der Waals surface area (Å²) >= 11 is 0. The minimum atomic E-state index is -0.310. The minimum absolute atomic E-state index is 0.135. The maximum atomic E-state index is 14.2. The number of aromatic amines is 1. The van der Waals surface area contributed by atoms with Crippen molar-refractivity contribution in [1.29, 1.82) is 0 Å². The van der Waals surface area contributed by atoms with Crippen molar-refractivity contribution in [3.8, 4) is 0 Å². The fourth-order valence-corrected chi connectivity index (χ4v) is 3.68. The molecule has 0 bridgehead atoms. The molecular formula is C19H26FN3O2. The molecule has 1 amide bonds. The molecule has 1 aliphatic heterocycles. The van der Waals surface area contributed by atoms with Crippen molar-refractivity contribution in [2.75, 3.05) is 13.1 Å². The lowest BCUT2D eigenvalue weighted by Gasteiger charge is -2.27. The van der Waals surface area contributed by atoms with Crippen LogP contribution in [0.4, 0.5) is 4.39 Å². The van der Waals surface area contributed by atoms with E-state index in [0.717, 1.165) is 74.6 Å². The van der Waals surface area contributed by atoms with Crippen LogP contribution in [0.1, 0.15) is 49.8 Å². The molecule has 0 radical (unpaired) electrons. The number of nitrogens with one attached hydrogen (secondary N) is 2. The van der Waals surface area contributed by atoms with E-state index in [1.807, 2.05) is 6.07 Å². The Morgan fingerprint density at radius 2 is 2.04 bits per heavy atom. The third kappa shape index (κ3) is 4.38. The maximum Gasteiger partial charge on any atom is 0.243 e. The van der Waals surface area contributed by atoms with E-state index in [4.69, 9.17) is 5.21 Å². The van der Waals surface area contributed by atoms with E-state index in [1.165, 1.54) is 11.8 Å². The van der Waals surface area contributed by atoms with Crippen LogP contribution in [0.2, 0.25) is 0 Å². The van der Waals surface area contributed by atoms with Gasteiger partial charge in [0, 0.05) is 42.5 Å². The molecule has 2 heterocycles. The first kappa shape index (κ1) is 17.9. The SMILES string of the molecule is O=C(CCCCCCCN1CCc2[nH]c3cccc(F)c3c2C1)NO. The van der Waals surface area contributed by atoms with E-state index in [0.29, 0.717) is 6.42 Å². The molecule has 0 saturated carbocycles. The van der Waals surface area contributed by atoms with Gasteiger partial charge in [-0.1, -0.05) is 25.3 Å². The molecule has 0 aliphatic carbocycles. The summed E-state index contributed by atoms with van der Waals surface area (Å²) in [7, 11) is 0. The number of rotatable bonds is 8. The Morgan fingerprint density at radius 3 is 2.88 bits per heavy atom. The van der Waals surface area contributed by atoms with Gasteiger partial charge in [-0.2, -0.15) is 0 Å². The Bertz CT molecular complexity index is 729. The van der Waals surface area contributed by atoms with Crippen LogP contribution < -0.4 is 5.48 Å². The Morgan fingerprint density at radius 1 is 1.24 bits per heavy atom. The number of hydroxylamine groups is 1. The summed E-state index contributed by atoms with van der Waals surface area (Å²) in [5.41, 5.74) is 4.86. The summed E-state index contributed by atoms with van der Waals surface area (Å²) in [6, 6.07) is 5.23. The Kier molecular flexibility index (Phi) is 6.04. The lowest BCUT2D eigenvalue weighted by Crippen LogP contribution is -2.31. The number of benzene rings is 1. The topological polar surface area (TPSA) is 68.4 Å². The fraction of sp³-hybridized carbons (Fsp3) is 0.526. The smallest absolute Gasteiger partial charge is 0.243 e. The van der Waals surface area contributed by atoms with Crippen molar-refractivity contribution < 1.29 is 14.4 Å². The molecular weight excluding hydrogens is 321 g/mol. The summed E-state index contributed by atoms with van der Waals surface area (Å²) in [6.07, 6.45) is 6.49. The second-order valence-electron chi connectivity index (χ2n) is 6.82. The van der Waals surface area contributed by atoms with Crippen LogP contribution in [-0.2, 0) is 17.8 Å². The highest BCUT2D eigenvalue weighted by atomic mass is 19.1. The number of aromatic nitrogens is 1. The summed E-state index contributed by atoms with van der Waals surface area (Å²) in [5, 5.41) is 9.18. The maximum absolute atomic E-state index is 14.2. The van der Waals surface area contributed by atoms with E-state index in [2.05, 4.69) is 9.88 Å². The standard InChI is InChI=1S/C19H26FN3O2/c20-15-7-6-8-17-19(15)14-13-23(12-10-16(14)21-17)11-5-3-1-2-4-9-18(24)22-25/h6-8,21,25H,1-5,9-13H2,(H,22,24). The van der Waals surface area contributed by atoms with Crippen molar-refractivity contribution in [3.05, 3.63) is 35.3 Å². The third-order valence-corrected chi connectivity index (χ3v) is 5.03. The van der Waals surface area contributed by atoms with Gasteiger partial charge in [0.1, 0.15) is 5.82 Å². The monoisotopic (exact) mass is 347 g/mol. The van der Waals surface area contributed by atoms with Crippen LogP contribution in [0.5, 0.6) is 0 Å². The summed E-state index contributed by atoms with van der Waals surface area (Å²) < 4.78 is 14.2. The van der Waals surface area contributed by atoms with Crippen molar-refractivity contribution in [3.63, 3.8) is 0 Å². The number of nitrogens with zero attached hydrogens (tertiary/aromatic N) is 1. The molecule has 1 aromatic heterocycles. The second-order valence-corrected chi connectivity index (χ2v) is 6.82. The predicted octanol–water partition coefficient (Wildman–Crippen LogP) is 3.51. The van der Waals surface area contributed by atoms with Crippen LogP contribution in [-0.4, -0.2) is 34.1 Å². The van der Waals surface area contributed by atoms with Crippen LogP contribution >= 0.6 is 0 Å². The van der Waals surface area contributed by atoms with E-state index in [1.54, 1.807) is 11.5 Å². The van der Waals surface area contributed by atoms with Gasteiger partial charge in [-0.3, -0.25) is 14.9 Å². The van der Waals surface area contributed by atoms with E-state index in [9.17, 15) is 9.18 Å². The van der Waals surface area contributed by atoms with Gasteiger partial charge in [0.25, 0.3) is 0 Å². The largest absolute Gasteiger partial charge is 0.358 e. The van der Waals surface area contributed by atoms with Crippen LogP contribution in [0.15, 0.2) is 18.2 Å². The zero-order valence-corrected chi connectivity index (χ0v) is 14.5. The minimum Gasteiger partial charge on any atom is -0.358 e.